The van der Waals surface area contributed by atoms with Crippen molar-refractivity contribution in [3.63, 3.8) is 0 Å². The van der Waals surface area contributed by atoms with Crippen molar-refractivity contribution in [2.24, 2.45) is 5.73 Å². The maximum Gasteiger partial charge on any atom is 0.241 e. The number of nitrogens with two attached hydrogens (primary N) is 1. The number of amides is 1. The summed E-state index contributed by atoms with van der Waals surface area (Å²) in [7, 11) is 1.56. The van der Waals surface area contributed by atoms with Gasteiger partial charge in [-0.3, -0.25) is 4.79 Å². The van der Waals surface area contributed by atoms with Gasteiger partial charge in [-0.1, -0.05) is 12.1 Å². The third-order valence-corrected chi connectivity index (χ3v) is 5.33. The standard InChI is InChI=1S/C16H21N3O2S/c1-21-10-12(17)16(20)19-8-6-11(7-9-19)15-18-13-4-2-3-5-14(13)22-15/h2-5,11-12H,6-10,17H2,1H3. The van der Waals surface area contributed by atoms with E-state index in [2.05, 4.69) is 12.1 Å². The molecule has 0 saturated carbocycles. The quantitative estimate of drug-likeness (QED) is 0.935. The lowest BCUT2D eigenvalue weighted by atomic mass is 9.97. The SMILES string of the molecule is COCC(N)C(=O)N1CCC(c2nc3ccccc3s2)CC1. The van der Waals surface area contributed by atoms with Gasteiger partial charge in [-0.05, 0) is 25.0 Å². The second kappa shape index (κ2) is 6.73. The van der Waals surface area contributed by atoms with E-state index in [0.29, 0.717) is 5.92 Å². The minimum absolute atomic E-state index is 0.00963. The van der Waals surface area contributed by atoms with Crippen molar-refractivity contribution in [1.29, 1.82) is 0 Å². The fraction of sp³-hybridized carbons (Fsp3) is 0.500. The number of rotatable bonds is 4. The second-order valence-electron chi connectivity index (χ2n) is 5.68. The van der Waals surface area contributed by atoms with Crippen LogP contribution in [0.5, 0.6) is 0 Å². The summed E-state index contributed by atoms with van der Waals surface area (Å²) in [6.45, 7) is 1.77. The molecule has 1 unspecified atom stereocenters. The zero-order valence-electron chi connectivity index (χ0n) is 12.7. The normalized spacial score (nSPS) is 17.8. The Hall–Kier alpha value is -1.50. The number of methoxy groups -OCH3 is 1. The van der Waals surface area contributed by atoms with Crippen molar-refractivity contribution in [2.45, 2.75) is 24.8 Å². The highest BCUT2D eigenvalue weighted by molar-refractivity contribution is 7.18. The molecule has 0 bridgehead atoms. The van der Waals surface area contributed by atoms with Gasteiger partial charge in [0.1, 0.15) is 6.04 Å². The first-order valence-electron chi connectivity index (χ1n) is 7.58. The predicted octanol–water partition coefficient (Wildman–Crippen LogP) is 1.98. The van der Waals surface area contributed by atoms with E-state index in [4.69, 9.17) is 15.5 Å². The highest BCUT2D eigenvalue weighted by atomic mass is 32.1. The molecule has 2 aromatic rings. The molecule has 1 aliphatic rings. The summed E-state index contributed by atoms with van der Waals surface area (Å²) in [4.78, 5) is 18.8. The van der Waals surface area contributed by atoms with Crippen LogP contribution in [-0.4, -0.2) is 48.6 Å². The lowest BCUT2D eigenvalue weighted by molar-refractivity contribution is -0.134. The Balaban J connectivity index is 1.63. The Morgan fingerprint density at radius 3 is 2.86 bits per heavy atom. The number of ether oxygens (including phenoxy) is 1. The van der Waals surface area contributed by atoms with Crippen molar-refractivity contribution in [3.8, 4) is 0 Å². The molecular formula is C16H21N3O2S. The largest absolute Gasteiger partial charge is 0.383 e. The molecule has 1 aromatic heterocycles. The van der Waals surface area contributed by atoms with E-state index >= 15 is 0 Å². The number of thiazole rings is 1. The van der Waals surface area contributed by atoms with Crippen molar-refractivity contribution >= 4 is 27.5 Å². The zero-order valence-corrected chi connectivity index (χ0v) is 13.5. The highest BCUT2D eigenvalue weighted by Gasteiger charge is 2.28. The van der Waals surface area contributed by atoms with Crippen molar-refractivity contribution in [2.75, 3.05) is 26.8 Å². The van der Waals surface area contributed by atoms with E-state index in [0.717, 1.165) is 31.4 Å². The number of benzene rings is 1. The number of hydrogen-bond donors (Lipinski definition) is 1. The molecule has 1 saturated heterocycles. The van der Waals surface area contributed by atoms with Crippen molar-refractivity contribution in [3.05, 3.63) is 29.3 Å². The molecule has 2 N–H and O–H groups in total. The van der Waals surface area contributed by atoms with E-state index in [-0.39, 0.29) is 12.5 Å². The van der Waals surface area contributed by atoms with E-state index in [1.807, 2.05) is 17.0 Å². The number of carbonyl (C=O) groups excluding carboxylic acids is 1. The molecule has 1 aromatic carbocycles. The number of fused-ring (bicyclic) bond motifs is 1. The maximum absolute atomic E-state index is 12.2. The predicted molar refractivity (Wildman–Crippen MR) is 88.0 cm³/mol. The van der Waals surface area contributed by atoms with Gasteiger partial charge in [0.2, 0.25) is 5.91 Å². The number of nitrogens with zero attached hydrogens (tertiary/aromatic N) is 2. The number of para-hydroxylation sites is 1. The number of aromatic nitrogens is 1. The summed E-state index contributed by atoms with van der Waals surface area (Å²) in [6, 6.07) is 7.67. The molecule has 1 aliphatic heterocycles. The Morgan fingerprint density at radius 2 is 2.18 bits per heavy atom. The van der Waals surface area contributed by atoms with E-state index in [1.54, 1.807) is 18.4 Å². The molecule has 1 amide bonds. The summed E-state index contributed by atoms with van der Waals surface area (Å²) in [5.74, 6) is 0.435. The molecule has 22 heavy (non-hydrogen) atoms. The van der Waals surface area contributed by atoms with Gasteiger partial charge in [0, 0.05) is 26.1 Å². The van der Waals surface area contributed by atoms with Crippen molar-refractivity contribution in [1.82, 2.24) is 9.88 Å². The van der Waals surface area contributed by atoms with Crippen LogP contribution in [-0.2, 0) is 9.53 Å². The lowest BCUT2D eigenvalue weighted by Crippen LogP contribution is -2.48. The third-order valence-electron chi connectivity index (χ3n) is 4.13. The molecule has 0 spiro atoms. The Kier molecular flexibility index (Phi) is 4.71. The molecule has 6 heteroatoms. The van der Waals surface area contributed by atoms with Gasteiger partial charge in [0.25, 0.3) is 0 Å². The third kappa shape index (κ3) is 3.14. The van der Waals surface area contributed by atoms with E-state index < -0.39 is 6.04 Å². The van der Waals surface area contributed by atoms with Gasteiger partial charge in [-0.25, -0.2) is 4.98 Å². The fourth-order valence-corrected chi connectivity index (χ4v) is 4.03. The van der Waals surface area contributed by atoms with Crippen LogP contribution in [0, 0.1) is 0 Å². The fourth-order valence-electron chi connectivity index (χ4n) is 2.90. The van der Waals surface area contributed by atoms with E-state index in [1.165, 1.54) is 9.71 Å². The minimum atomic E-state index is -0.552. The first-order valence-corrected chi connectivity index (χ1v) is 8.39. The molecule has 1 fully saturated rings. The summed E-state index contributed by atoms with van der Waals surface area (Å²) in [5, 5.41) is 1.19. The minimum Gasteiger partial charge on any atom is -0.383 e. The number of carbonyl (C=O) groups is 1. The van der Waals surface area contributed by atoms with Gasteiger partial charge >= 0.3 is 0 Å². The smallest absolute Gasteiger partial charge is 0.241 e. The van der Waals surface area contributed by atoms with Crippen LogP contribution < -0.4 is 5.73 Å². The van der Waals surface area contributed by atoms with Gasteiger partial charge in [-0.2, -0.15) is 0 Å². The van der Waals surface area contributed by atoms with E-state index in [9.17, 15) is 4.79 Å². The monoisotopic (exact) mass is 319 g/mol. The Bertz CT molecular complexity index is 617. The average Bonchev–Trinajstić information content (AvgIpc) is 2.98. The topological polar surface area (TPSA) is 68.5 Å². The molecule has 0 aliphatic carbocycles. The molecular weight excluding hydrogens is 298 g/mol. The molecule has 2 heterocycles. The van der Waals surface area contributed by atoms with Crippen LogP contribution in [0.4, 0.5) is 0 Å². The number of hydrogen-bond acceptors (Lipinski definition) is 5. The Labute approximate surface area is 134 Å². The van der Waals surface area contributed by atoms with Gasteiger partial charge < -0.3 is 15.4 Å². The maximum atomic E-state index is 12.2. The average molecular weight is 319 g/mol. The van der Waals surface area contributed by atoms with Crippen LogP contribution in [0.2, 0.25) is 0 Å². The van der Waals surface area contributed by atoms with Crippen LogP contribution in [0.15, 0.2) is 24.3 Å². The number of piperidine rings is 1. The van der Waals surface area contributed by atoms with Crippen LogP contribution in [0.25, 0.3) is 10.2 Å². The molecule has 5 nitrogen and oxygen atoms in total. The first-order chi connectivity index (χ1) is 10.7. The van der Waals surface area contributed by atoms with Crippen LogP contribution in [0.1, 0.15) is 23.8 Å². The summed E-state index contributed by atoms with van der Waals surface area (Å²) in [5.41, 5.74) is 6.90. The summed E-state index contributed by atoms with van der Waals surface area (Å²) < 4.78 is 6.19. The van der Waals surface area contributed by atoms with Crippen LogP contribution >= 0.6 is 11.3 Å². The first kappa shape index (κ1) is 15.4. The Morgan fingerprint density at radius 1 is 1.45 bits per heavy atom. The summed E-state index contributed by atoms with van der Waals surface area (Å²) in [6.07, 6.45) is 1.90. The van der Waals surface area contributed by atoms with Crippen molar-refractivity contribution < 1.29 is 9.53 Å². The molecule has 118 valence electrons. The highest BCUT2D eigenvalue weighted by Crippen LogP contribution is 2.33. The summed E-state index contributed by atoms with van der Waals surface area (Å²) >= 11 is 1.77. The lowest BCUT2D eigenvalue weighted by Gasteiger charge is -2.32. The van der Waals surface area contributed by atoms with Gasteiger partial charge in [-0.15, -0.1) is 11.3 Å². The van der Waals surface area contributed by atoms with Crippen LogP contribution in [0.3, 0.4) is 0 Å². The zero-order chi connectivity index (χ0) is 15.5. The molecule has 3 rings (SSSR count). The van der Waals surface area contributed by atoms with Gasteiger partial charge in [0.15, 0.2) is 0 Å². The molecule has 1 atom stereocenters. The van der Waals surface area contributed by atoms with Gasteiger partial charge in [0.05, 0.1) is 21.8 Å². The second-order valence-corrected chi connectivity index (χ2v) is 6.74. The number of likely N-dealkylation sites (tertiary alicyclic amines) is 1. The molecule has 0 radical (unpaired) electrons.